The van der Waals surface area contributed by atoms with E-state index in [4.69, 9.17) is 4.74 Å². The summed E-state index contributed by atoms with van der Waals surface area (Å²) in [6.07, 6.45) is 0. The van der Waals surface area contributed by atoms with E-state index in [9.17, 15) is 9.18 Å². The smallest absolute Gasteiger partial charge is 0.237 e. The van der Waals surface area contributed by atoms with Gasteiger partial charge in [-0.15, -0.1) is 11.3 Å². The third-order valence-corrected chi connectivity index (χ3v) is 4.46. The van der Waals surface area contributed by atoms with Gasteiger partial charge in [-0.25, -0.2) is 4.39 Å². The number of nitrogens with one attached hydrogen (secondary N) is 1. The number of hydrogen-bond acceptors (Lipinski definition) is 4. The molecule has 2 rings (SSSR count). The highest BCUT2D eigenvalue weighted by Gasteiger charge is 2.17. The SMILES string of the molecule is CC(C(=O)NCc1cccs1)N(C)CCOc1ccc(F)cc1. The summed E-state index contributed by atoms with van der Waals surface area (Å²) in [7, 11) is 1.88. The molecule has 0 aliphatic rings. The van der Waals surface area contributed by atoms with Crippen molar-refractivity contribution in [3.8, 4) is 5.75 Å². The molecule has 6 heteroatoms. The Labute approximate surface area is 139 Å². The maximum absolute atomic E-state index is 12.8. The fraction of sp³-hybridized carbons (Fsp3) is 0.353. The first-order valence-electron chi connectivity index (χ1n) is 7.45. The second-order valence-corrected chi connectivity index (χ2v) is 6.29. The van der Waals surface area contributed by atoms with Gasteiger partial charge in [-0.1, -0.05) is 6.07 Å². The number of amides is 1. The van der Waals surface area contributed by atoms with Crippen LogP contribution in [-0.4, -0.2) is 37.0 Å². The molecule has 0 bridgehead atoms. The van der Waals surface area contributed by atoms with Crippen molar-refractivity contribution in [3.05, 3.63) is 52.5 Å². The summed E-state index contributed by atoms with van der Waals surface area (Å²) in [5.41, 5.74) is 0. The quantitative estimate of drug-likeness (QED) is 0.806. The van der Waals surface area contributed by atoms with Crippen LogP contribution in [0.4, 0.5) is 4.39 Å². The van der Waals surface area contributed by atoms with Crippen LogP contribution in [0, 0.1) is 5.82 Å². The van der Waals surface area contributed by atoms with Crippen molar-refractivity contribution in [1.29, 1.82) is 0 Å². The summed E-state index contributed by atoms with van der Waals surface area (Å²) >= 11 is 1.62. The zero-order valence-corrected chi connectivity index (χ0v) is 14.1. The van der Waals surface area contributed by atoms with Gasteiger partial charge in [0.15, 0.2) is 0 Å². The maximum atomic E-state index is 12.8. The van der Waals surface area contributed by atoms with Crippen molar-refractivity contribution >= 4 is 17.2 Å². The Balaban J connectivity index is 1.70. The van der Waals surface area contributed by atoms with Crippen LogP contribution in [0.15, 0.2) is 41.8 Å². The molecule has 0 aliphatic carbocycles. The van der Waals surface area contributed by atoms with Crippen LogP contribution in [0.25, 0.3) is 0 Å². The van der Waals surface area contributed by atoms with E-state index in [0.717, 1.165) is 4.88 Å². The van der Waals surface area contributed by atoms with Gasteiger partial charge >= 0.3 is 0 Å². The Morgan fingerprint density at radius 1 is 1.35 bits per heavy atom. The van der Waals surface area contributed by atoms with Crippen LogP contribution in [0.1, 0.15) is 11.8 Å². The molecular formula is C17H21FN2O2S. The van der Waals surface area contributed by atoms with Gasteiger partial charge in [0.05, 0.1) is 12.6 Å². The predicted octanol–water partition coefficient (Wildman–Crippen LogP) is 2.90. The molecule has 0 spiro atoms. The number of thiophene rings is 1. The number of hydrogen-bond donors (Lipinski definition) is 1. The normalized spacial score (nSPS) is 12.2. The first kappa shape index (κ1) is 17.4. The van der Waals surface area contributed by atoms with E-state index in [1.54, 1.807) is 23.5 Å². The van der Waals surface area contributed by atoms with Crippen molar-refractivity contribution in [2.75, 3.05) is 20.2 Å². The molecule has 1 amide bonds. The van der Waals surface area contributed by atoms with Gasteiger partial charge in [0.1, 0.15) is 18.2 Å². The summed E-state index contributed by atoms with van der Waals surface area (Å²) in [5.74, 6) is 0.322. The molecule has 2 aromatic rings. The summed E-state index contributed by atoms with van der Waals surface area (Å²) in [5, 5.41) is 4.92. The lowest BCUT2D eigenvalue weighted by Crippen LogP contribution is -2.44. The summed E-state index contributed by atoms with van der Waals surface area (Å²) in [6, 6.07) is 9.62. The van der Waals surface area contributed by atoms with Gasteiger partial charge in [0.2, 0.25) is 5.91 Å². The number of halogens is 1. The Hall–Kier alpha value is -1.92. The van der Waals surface area contributed by atoms with Gasteiger partial charge in [-0.2, -0.15) is 0 Å². The van der Waals surface area contributed by atoms with Crippen molar-refractivity contribution in [1.82, 2.24) is 10.2 Å². The Bertz CT molecular complexity index is 602. The molecular weight excluding hydrogens is 315 g/mol. The zero-order chi connectivity index (χ0) is 16.7. The Kier molecular flexibility index (Phi) is 6.55. The minimum absolute atomic E-state index is 0.0114. The molecule has 1 atom stereocenters. The first-order chi connectivity index (χ1) is 11.1. The van der Waals surface area contributed by atoms with Crippen LogP contribution in [0.2, 0.25) is 0 Å². The van der Waals surface area contributed by atoms with Gasteiger partial charge in [0.25, 0.3) is 0 Å². The maximum Gasteiger partial charge on any atom is 0.237 e. The molecule has 1 aromatic carbocycles. The molecule has 0 saturated carbocycles. The van der Waals surface area contributed by atoms with Gasteiger partial charge in [0, 0.05) is 11.4 Å². The van der Waals surface area contributed by atoms with E-state index in [0.29, 0.717) is 25.4 Å². The average Bonchev–Trinajstić information content (AvgIpc) is 3.07. The molecule has 0 fully saturated rings. The first-order valence-corrected chi connectivity index (χ1v) is 8.33. The second-order valence-electron chi connectivity index (χ2n) is 5.26. The number of nitrogens with zero attached hydrogens (tertiary/aromatic N) is 1. The minimum atomic E-state index is -0.287. The fourth-order valence-corrected chi connectivity index (χ4v) is 2.61. The van der Waals surface area contributed by atoms with Crippen molar-refractivity contribution in [2.24, 2.45) is 0 Å². The Morgan fingerprint density at radius 3 is 2.74 bits per heavy atom. The monoisotopic (exact) mass is 336 g/mol. The molecule has 124 valence electrons. The highest BCUT2D eigenvalue weighted by atomic mass is 32.1. The van der Waals surface area contributed by atoms with Gasteiger partial charge < -0.3 is 10.1 Å². The molecule has 0 radical (unpaired) electrons. The van der Waals surface area contributed by atoms with E-state index >= 15 is 0 Å². The topological polar surface area (TPSA) is 41.6 Å². The molecule has 1 heterocycles. The lowest BCUT2D eigenvalue weighted by atomic mass is 10.2. The van der Waals surface area contributed by atoms with Crippen LogP contribution >= 0.6 is 11.3 Å². The zero-order valence-electron chi connectivity index (χ0n) is 13.3. The van der Waals surface area contributed by atoms with Gasteiger partial charge in [-0.3, -0.25) is 9.69 Å². The third-order valence-electron chi connectivity index (χ3n) is 3.58. The van der Waals surface area contributed by atoms with E-state index < -0.39 is 0 Å². The van der Waals surface area contributed by atoms with Crippen LogP contribution in [0.5, 0.6) is 5.75 Å². The van der Waals surface area contributed by atoms with E-state index in [-0.39, 0.29) is 17.8 Å². The molecule has 1 N–H and O–H groups in total. The van der Waals surface area contributed by atoms with Crippen molar-refractivity contribution in [3.63, 3.8) is 0 Å². The third kappa shape index (κ3) is 5.65. The summed E-state index contributed by atoms with van der Waals surface area (Å²) in [6.45, 7) is 3.46. The summed E-state index contributed by atoms with van der Waals surface area (Å²) in [4.78, 5) is 15.2. The number of rotatable bonds is 8. The molecule has 23 heavy (non-hydrogen) atoms. The lowest BCUT2D eigenvalue weighted by molar-refractivity contribution is -0.125. The highest BCUT2D eigenvalue weighted by Crippen LogP contribution is 2.11. The van der Waals surface area contributed by atoms with E-state index in [1.807, 2.05) is 36.4 Å². The molecule has 0 aliphatic heterocycles. The number of ether oxygens (including phenoxy) is 1. The molecule has 4 nitrogen and oxygen atoms in total. The number of carbonyl (C=O) groups is 1. The van der Waals surface area contributed by atoms with Crippen LogP contribution in [-0.2, 0) is 11.3 Å². The number of benzene rings is 1. The van der Waals surface area contributed by atoms with Crippen molar-refractivity contribution < 1.29 is 13.9 Å². The Morgan fingerprint density at radius 2 is 2.09 bits per heavy atom. The lowest BCUT2D eigenvalue weighted by Gasteiger charge is -2.23. The van der Waals surface area contributed by atoms with Crippen LogP contribution < -0.4 is 10.1 Å². The number of likely N-dealkylation sites (N-methyl/N-ethyl adjacent to an activating group) is 1. The standard InChI is InChI=1S/C17H21FN2O2S/c1-13(17(21)19-12-16-4-3-11-23-16)20(2)9-10-22-15-7-5-14(18)6-8-15/h3-8,11,13H,9-10,12H2,1-2H3,(H,19,21). The fourth-order valence-electron chi connectivity index (χ4n) is 1.97. The van der Waals surface area contributed by atoms with Crippen LogP contribution in [0.3, 0.4) is 0 Å². The van der Waals surface area contributed by atoms with Gasteiger partial charge in [-0.05, 0) is 49.7 Å². The van der Waals surface area contributed by atoms with E-state index in [1.165, 1.54) is 12.1 Å². The predicted molar refractivity (Wildman–Crippen MR) is 90.2 cm³/mol. The second kappa shape index (κ2) is 8.64. The average molecular weight is 336 g/mol. The number of carbonyl (C=O) groups excluding carboxylic acids is 1. The van der Waals surface area contributed by atoms with E-state index in [2.05, 4.69) is 5.32 Å². The minimum Gasteiger partial charge on any atom is -0.492 e. The highest BCUT2D eigenvalue weighted by molar-refractivity contribution is 7.09. The van der Waals surface area contributed by atoms with Crippen molar-refractivity contribution in [2.45, 2.75) is 19.5 Å². The largest absolute Gasteiger partial charge is 0.492 e. The molecule has 1 aromatic heterocycles. The summed E-state index contributed by atoms with van der Waals surface area (Å²) < 4.78 is 18.3. The molecule has 1 unspecified atom stereocenters. The molecule has 0 saturated heterocycles.